The van der Waals surface area contributed by atoms with E-state index in [0.29, 0.717) is 5.84 Å². The molecule has 1 aliphatic heterocycles. The first-order valence-electron chi connectivity index (χ1n) is 3.71. The molecule has 0 spiro atoms. The van der Waals surface area contributed by atoms with Gasteiger partial charge in [-0.2, -0.15) is 5.10 Å². The van der Waals surface area contributed by atoms with E-state index in [9.17, 15) is 9.90 Å². The van der Waals surface area contributed by atoms with Crippen LogP contribution in [0.3, 0.4) is 0 Å². The fraction of sp³-hybridized carbons (Fsp3) is 0.714. The van der Waals surface area contributed by atoms with E-state index in [4.69, 9.17) is 0 Å². The molecule has 0 aliphatic carbocycles. The van der Waals surface area contributed by atoms with Crippen LogP contribution in [-0.4, -0.2) is 40.9 Å². The van der Waals surface area contributed by atoms with Crippen LogP contribution in [0.4, 0.5) is 0 Å². The van der Waals surface area contributed by atoms with E-state index < -0.39 is 11.8 Å². The van der Waals surface area contributed by atoms with E-state index in [1.165, 1.54) is 0 Å². The molecule has 1 aliphatic rings. The maximum absolute atomic E-state index is 10.4. The van der Waals surface area contributed by atoms with Crippen molar-refractivity contribution in [3.05, 3.63) is 0 Å². The van der Waals surface area contributed by atoms with Gasteiger partial charge in [0.2, 0.25) is 0 Å². The lowest BCUT2D eigenvalue weighted by atomic mass is 10.1. The molecule has 68 valence electrons. The lowest BCUT2D eigenvalue weighted by Crippen LogP contribution is -2.46. The van der Waals surface area contributed by atoms with Crippen molar-refractivity contribution in [2.45, 2.75) is 25.6 Å². The van der Waals surface area contributed by atoms with Crippen molar-refractivity contribution in [2.24, 2.45) is 5.10 Å². The third kappa shape index (κ3) is 1.40. The largest absolute Gasteiger partial charge is 0.382 e. The van der Waals surface area contributed by atoms with Crippen LogP contribution in [0, 0.1) is 0 Å². The van der Waals surface area contributed by atoms with Crippen LogP contribution >= 0.6 is 0 Å². The first-order chi connectivity index (χ1) is 5.46. The minimum atomic E-state index is -1.01. The second kappa shape index (κ2) is 2.75. The Bertz CT molecular complexity index is 219. The van der Waals surface area contributed by atoms with Crippen molar-refractivity contribution in [3.63, 3.8) is 0 Å². The van der Waals surface area contributed by atoms with Crippen molar-refractivity contribution in [2.75, 3.05) is 7.05 Å². The summed E-state index contributed by atoms with van der Waals surface area (Å²) < 4.78 is 0. The number of rotatable bonds is 2. The van der Waals surface area contributed by atoms with E-state index in [0.717, 1.165) is 6.29 Å². The molecule has 5 nitrogen and oxygen atoms in total. The standard InChI is InChI=1S/C7H13N3O2/c1-7(2,12)6-9-8-5(4-11)10(6)3/h4-5,8,12H,1-3H3. The van der Waals surface area contributed by atoms with E-state index in [1.807, 2.05) is 0 Å². The highest BCUT2D eigenvalue weighted by atomic mass is 16.3. The molecule has 1 heterocycles. The second-order valence-electron chi connectivity index (χ2n) is 3.32. The predicted molar refractivity (Wildman–Crippen MR) is 44.5 cm³/mol. The molecular formula is C7H13N3O2. The van der Waals surface area contributed by atoms with Crippen LogP contribution in [0.2, 0.25) is 0 Å². The van der Waals surface area contributed by atoms with Crippen molar-refractivity contribution in [3.8, 4) is 0 Å². The summed E-state index contributed by atoms with van der Waals surface area (Å²) in [7, 11) is 1.70. The van der Waals surface area contributed by atoms with Crippen LogP contribution in [0.15, 0.2) is 5.10 Å². The third-order valence-electron chi connectivity index (χ3n) is 1.73. The van der Waals surface area contributed by atoms with Gasteiger partial charge < -0.3 is 10.0 Å². The molecule has 0 radical (unpaired) electrons. The Kier molecular flexibility index (Phi) is 2.06. The molecule has 0 amide bonds. The maximum atomic E-state index is 10.4. The molecule has 0 bridgehead atoms. The molecule has 1 atom stereocenters. The van der Waals surface area contributed by atoms with Gasteiger partial charge in [-0.3, -0.25) is 10.2 Å². The molecule has 0 aromatic heterocycles. The van der Waals surface area contributed by atoms with Crippen LogP contribution in [0.1, 0.15) is 13.8 Å². The van der Waals surface area contributed by atoms with E-state index in [2.05, 4.69) is 10.5 Å². The van der Waals surface area contributed by atoms with E-state index >= 15 is 0 Å². The summed E-state index contributed by atoms with van der Waals surface area (Å²) in [5, 5.41) is 13.4. The predicted octanol–water partition coefficient (Wildman–Crippen LogP) is -0.869. The topological polar surface area (TPSA) is 64.9 Å². The molecule has 2 N–H and O–H groups in total. The number of carbonyl (C=O) groups excluding carboxylic acids is 1. The van der Waals surface area contributed by atoms with Crippen LogP contribution in [-0.2, 0) is 4.79 Å². The first-order valence-corrected chi connectivity index (χ1v) is 3.71. The van der Waals surface area contributed by atoms with Crippen LogP contribution in [0.25, 0.3) is 0 Å². The Balaban J connectivity index is 2.78. The van der Waals surface area contributed by atoms with Gasteiger partial charge in [-0.1, -0.05) is 0 Å². The minimum absolute atomic E-state index is 0.452. The highest BCUT2D eigenvalue weighted by molar-refractivity contribution is 5.92. The number of aliphatic hydroxyl groups is 1. The fourth-order valence-electron chi connectivity index (χ4n) is 1.11. The zero-order valence-corrected chi connectivity index (χ0v) is 7.40. The van der Waals surface area contributed by atoms with E-state index in [-0.39, 0.29) is 0 Å². The summed E-state index contributed by atoms with van der Waals surface area (Å²) >= 11 is 0. The van der Waals surface area contributed by atoms with Gasteiger partial charge in [-0.25, -0.2) is 0 Å². The van der Waals surface area contributed by atoms with Gasteiger partial charge in [0, 0.05) is 7.05 Å². The normalized spacial score (nSPS) is 23.5. The summed E-state index contributed by atoms with van der Waals surface area (Å²) in [6.45, 7) is 3.24. The quantitative estimate of drug-likeness (QED) is 0.530. The monoisotopic (exact) mass is 171 g/mol. The summed E-state index contributed by atoms with van der Waals surface area (Å²) in [5.41, 5.74) is 1.58. The number of amidine groups is 1. The van der Waals surface area contributed by atoms with Gasteiger partial charge in [0.1, 0.15) is 5.60 Å². The summed E-state index contributed by atoms with van der Waals surface area (Å²) in [6.07, 6.45) is 0.286. The lowest BCUT2D eigenvalue weighted by molar-refractivity contribution is -0.111. The summed E-state index contributed by atoms with van der Waals surface area (Å²) in [5.74, 6) is 0.472. The fourth-order valence-corrected chi connectivity index (χ4v) is 1.11. The summed E-state index contributed by atoms with van der Waals surface area (Å²) in [6, 6.07) is 0. The molecule has 0 saturated carbocycles. The van der Waals surface area contributed by atoms with Gasteiger partial charge >= 0.3 is 0 Å². The minimum Gasteiger partial charge on any atom is -0.382 e. The zero-order chi connectivity index (χ0) is 9.35. The summed E-state index contributed by atoms with van der Waals surface area (Å²) in [4.78, 5) is 12.0. The highest BCUT2D eigenvalue weighted by Gasteiger charge is 2.33. The third-order valence-corrected chi connectivity index (χ3v) is 1.73. The molecule has 12 heavy (non-hydrogen) atoms. The number of carbonyl (C=O) groups is 1. The van der Waals surface area contributed by atoms with Gasteiger partial charge in [-0.15, -0.1) is 0 Å². The highest BCUT2D eigenvalue weighted by Crippen LogP contribution is 2.12. The number of aldehydes is 1. The lowest BCUT2D eigenvalue weighted by Gasteiger charge is -2.25. The van der Waals surface area contributed by atoms with Gasteiger partial charge in [-0.05, 0) is 13.8 Å². The Morgan fingerprint density at radius 1 is 1.75 bits per heavy atom. The smallest absolute Gasteiger partial charge is 0.172 e. The van der Waals surface area contributed by atoms with Gasteiger partial charge in [0.05, 0.1) is 0 Å². The van der Waals surface area contributed by atoms with Crippen molar-refractivity contribution in [1.29, 1.82) is 0 Å². The zero-order valence-electron chi connectivity index (χ0n) is 7.40. The Morgan fingerprint density at radius 2 is 2.33 bits per heavy atom. The molecule has 0 aromatic rings. The average molecular weight is 171 g/mol. The molecule has 1 rings (SSSR count). The van der Waals surface area contributed by atoms with Gasteiger partial charge in [0.15, 0.2) is 18.3 Å². The average Bonchev–Trinajstić information content (AvgIpc) is 2.29. The van der Waals surface area contributed by atoms with E-state index in [1.54, 1.807) is 25.8 Å². The number of hydrogen-bond acceptors (Lipinski definition) is 5. The van der Waals surface area contributed by atoms with Gasteiger partial charge in [0.25, 0.3) is 0 Å². The first kappa shape index (κ1) is 8.99. The molecule has 0 fully saturated rings. The van der Waals surface area contributed by atoms with Crippen LogP contribution in [0.5, 0.6) is 0 Å². The number of nitrogens with one attached hydrogen (secondary N) is 1. The molecule has 5 heteroatoms. The number of hydrazone groups is 1. The Morgan fingerprint density at radius 3 is 2.58 bits per heavy atom. The number of hydrogen-bond donors (Lipinski definition) is 2. The number of likely N-dealkylation sites (N-methyl/N-ethyl adjacent to an activating group) is 1. The van der Waals surface area contributed by atoms with Crippen molar-refractivity contribution < 1.29 is 9.90 Å². The Labute approximate surface area is 71.1 Å². The molecule has 0 aromatic carbocycles. The SMILES string of the molecule is CN1C(C(C)(C)O)=NNC1C=O. The van der Waals surface area contributed by atoms with Crippen LogP contribution < -0.4 is 5.43 Å². The molecular weight excluding hydrogens is 158 g/mol. The maximum Gasteiger partial charge on any atom is 0.172 e. The molecule has 1 unspecified atom stereocenters. The Hall–Kier alpha value is -1.10. The second-order valence-corrected chi connectivity index (χ2v) is 3.32. The van der Waals surface area contributed by atoms with Crippen molar-refractivity contribution >= 4 is 12.1 Å². The van der Waals surface area contributed by atoms with Crippen molar-refractivity contribution in [1.82, 2.24) is 10.3 Å². The number of nitrogens with zero attached hydrogens (tertiary/aromatic N) is 2. The molecule has 0 saturated heterocycles.